The Balaban J connectivity index is 1.94. The minimum atomic E-state index is -0.0907. The van der Waals surface area contributed by atoms with E-state index >= 15 is 0 Å². The van der Waals surface area contributed by atoms with Gasteiger partial charge in [-0.15, -0.1) is 0 Å². The van der Waals surface area contributed by atoms with Gasteiger partial charge in [0.15, 0.2) is 0 Å². The summed E-state index contributed by atoms with van der Waals surface area (Å²) in [6.45, 7) is 4.72. The van der Waals surface area contributed by atoms with E-state index in [1.807, 2.05) is 36.1 Å². The molecule has 1 aromatic carbocycles. The van der Waals surface area contributed by atoms with Crippen LogP contribution in [0.25, 0.3) is 0 Å². The van der Waals surface area contributed by atoms with Crippen molar-refractivity contribution in [1.29, 1.82) is 0 Å². The molecule has 4 heteroatoms. The summed E-state index contributed by atoms with van der Waals surface area (Å²) in [5.41, 5.74) is 1.92. The summed E-state index contributed by atoms with van der Waals surface area (Å²) >= 11 is 0. The van der Waals surface area contributed by atoms with Crippen molar-refractivity contribution in [1.82, 2.24) is 4.90 Å². The van der Waals surface area contributed by atoms with Gasteiger partial charge in [0.05, 0.1) is 12.6 Å². The van der Waals surface area contributed by atoms with E-state index in [-0.39, 0.29) is 24.3 Å². The van der Waals surface area contributed by atoms with Crippen LogP contribution in [0.2, 0.25) is 0 Å². The number of anilines is 1. The highest BCUT2D eigenvalue weighted by molar-refractivity contribution is 5.93. The highest BCUT2D eigenvalue weighted by Gasteiger charge is 2.27. The van der Waals surface area contributed by atoms with Crippen LogP contribution in [0.4, 0.5) is 5.69 Å². The number of benzene rings is 1. The Hall–Kier alpha value is -1.68. The fourth-order valence-corrected chi connectivity index (χ4v) is 2.75. The Bertz CT molecular complexity index is 499. The molecule has 0 bridgehead atoms. The number of carbonyl (C=O) groups excluding carboxylic acids is 2. The lowest BCUT2D eigenvalue weighted by Gasteiger charge is -2.33. The first-order valence-electron chi connectivity index (χ1n) is 7.17. The van der Waals surface area contributed by atoms with Crippen molar-refractivity contribution < 1.29 is 9.59 Å². The van der Waals surface area contributed by atoms with Crippen LogP contribution in [0, 0.1) is 6.92 Å². The Labute approximate surface area is 120 Å². The predicted octanol–water partition coefficient (Wildman–Crippen LogP) is 2.38. The molecule has 0 aliphatic carbocycles. The molecule has 0 radical (unpaired) electrons. The molecular formula is C16H22N2O2. The second-order valence-electron chi connectivity index (χ2n) is 5.51. The van der Waals surface area contributed by atoms with Crippen LogP contribution < -0.4 is 5.32 Å². The van der Waals surface area contributed by atoms with Gasteiger partial charge in [0.2, 0.25) is 5.91 Å². The summed E-state index contributed by atoms with van der Waals surface area (Å²) in [6, 6.07) is 7.64. The molecule has 0 aromatic heterocycles. The second-order valence-corrected chi connectivity index (χ2v) is 5.51. The third kappa shape index (κ3) is 3.90. The molecule has 4 nitrogen and oxygen atoms in total. The molecular weight excluding hydrogens is 252 g/mol. The van der Waals surface area contributed by atoms with Crippen molar-refractivity contribution >= 4 is 17.4 Å². The molecule has 1 fully saturated rings. The Kier molecular flexibility index (Phi) is 4.90. The molecule has 1 aliphatic heterocycles. The van der Waals surface area contributed by atoms with Gasteiger partial charge in [0.25, 0.3) is 0 Å². The number of hydrogen-bond acceptors (Lipinski definition) is 3. The monoisotopic (exact) mass is 274 g/mol. The van der Waals surface area contributed by atoms with E-state index in [1.165, 1.54) is 0 Å². The fraction of sp³-hybridized carbons (Fsp3) is 0.500. The Morgan fingerprint density at radius 1 is 1.35 bits per heavy atom. The fourth-order valence-electron chi connectivity index (χ4n) is 2.75. The molecule has 2 rings (SSSR count). The number of ketones is 1. The first kappa shape index (κ1) is 14.7. The first-order chi connectivity index (χ1) is 9.56. The smallest absolute Gasteiger partial charge is 0.238 e. The first-order valence-corrected chi connectivity index (χ1v) is 7.17. The normalized spacial score (nSPS) is 19.6. The number of nitrogens with one attached hydrogen (secondary N) is 1. The van der Waals surface area contributed by atoms with E-state index < -0.39 is 0 Å². The predicted molar refractivity (Wildman–Crippen MR) is 79.7 cm³/mol. The summed E-state index contributed by atoms with van der Waals surface area (Å²) in [6.07, 6.45) is 2.99. The van der Waals surface area contributed by atoms with Gasteiger partial charge in [-0.3, -0.25) is 14.5 Å². The lowest BCUT2D eigenvalue weighted by molar-refractivity contribution is -0.125. The molecule has 0 saturated carbocycles. The van der Waals surface area contributed by atoms with Crippen molar-refractivity contribution in [3.05, 3.63) is 29.8 Å². The van der Waals surface area contributed by atoms with Crippen molar-refractivity contribution in [2.75, 3.05) is 18.4 Å². The van der Waals surface area contributed by atoms with Crippen LogP contribution in [-0.4, -0.2) is 35.7 Å². The number of carbonyl (C=O) groups is 2. The van der Waals surface area contributed by atoms with Crippen LogP contribution in [0.1, 0.15) is 31.7 Å². The SMILES string of the molecule is CC(=O)C1CCCCN1CC(=O)Nc1cccc(C)c1. The van der Waals surface area contributed by atoms with Crippen LogP contribution >= 0.6 is 0 Å². The summed E-state index contributed by atoms with van der Waals surface area (Å²) in [5.74, 6) is 0.108. The zero-order valence-electron chi connectivity index (χ0n) is 12.2. The van der Waals surface area contributed by atoms with Crippen molar-refractivity contribution in [3.8, 4) is 0 Å². The lowest BCUT2D eigenvalue weighted by atomic mass is 9.99. The third-order valence-electron chi connectivity index (χ3n) is 3.73. The molecule has 1 amide bonds. The Morgan fingerprint density at radius 3 is 2.85 bits per heavy atom. The molecule has 1 aromatic rings. The topological polar surface area (TPSA) is 49.4 Å². The number of aryl methyl sites for hydroxylation is 1. The molecule has 1 heterocycles. The number of likely N-dealkylation sites (tertiary alicyclic amines) is 1. The zero-order chi connectivity index (χ0) is 14.5. The molecule has 1 aliphatic rings. The average Bonchev–Trinajstić information content (AvgIpc) is 2.38. The lowest BCUT2D eigenvalue weighted by Crippen LogP contribution is -2.47. The summed E-state index contributed by atoms with van der Waals surface area (Å²) in [5, 5.41) is 2.90. The quantitative estimate of drug-likeness (QED) is 0.917. The summed E-state index contributed by atoms with van der Waals surface area (Å²) in [4.78, 5) is 25.7. The zero-order valence-corrected chi connectivity index (χ0v) is 12.2. The van der Waals surface area contributed by atoms with Gasteiger partial charge in [0.1, 0.15) is 5.78 Å². The second kappa shape index (κ2) is 6.66. The van der Waals surface area contributed by atoms with Crippen molar-refractivity contribution in [2.45, 2.75) is 39.2 Å². The van der Waals surface area contributed by atoms with Gasteiger partial charge in [-0.2, -0.15) is 0 Å². The van der Waals surface area contributed by atoms with Gasteiger partial charge >= 0.3 is 0 Å². The van der Waals surface area contributed by atoms with Gasteiger partial charge in [-0.25, -0.2) is 0 Å². The molecule has 20 heavy (non-hydrogen) atoms. The minimum Gasteiger partial charge on any atom is -0.325 e. The van der Waals surface area contributed by atoms with E-state index in [0.717, 1.165) is 37.1 Å². The largest absolute Gasteiger partial charge is 0.325 e. The summed E-state index contributed by atoms with van der Waals surface area (Å²) < 4.78 is 0. The van der Waals surface area contributed by atoms with E-state index in [9.17, 15) is 9.59 Å². The van der Waals surface area contributed by atoms with E-state index in [2.05, 4.69) is 5.32 Å². The number of rotatable bonds is 4. The number of Topliss-reactive ketones (excluding diaryl/α,β-unsaturated/α-hetero) is 1. The van der Waals surface area contributed by atoms with Crippen LogP contribution in [0.15, 0.2) is 24.3 Å². The molecule has 1 unspecified atom stereocenters. The molecule has 108 valence electrons. The number of nitrogens with zero attached hydrogens (tertiary/aromatic N) is 1. The maximum atomic E-state index is 12.1. The van der Waals surface area contributed by atoms with E-state index in [0.29, 0.717) is 0 Å². The highest BCUT2D eigenvalue weighted by atomic mass is 16.2. The van der Waals surface area contributed by atoms with Gasteiger partial charge in [-0.05, 0) is 50.9 Å². The number of hydrogen-bond donors (Lipinski definition) is 1. The number of piperidine rings is 1. The molecule has 1 N–H and O–H groups in total. The molecule has 1 saturated heterocycles. The van der Waals surface area contributed by atoms with Gasteiger partial charge in [-0.1, -0.05) is 18.6 Å². The maximum Gasteiger partial charge on any atom is 0.238 e. The van der Waals surface area contributed by atoms with Crippen LogP contribution in [-0.2, 0) is 9.59 Å². The van der Waals surface area contributed by atoms with Crippen LogP contribution in [0.3, 0.4) is 0 Å². The van der Waals surface area contributed by atoms with E-state index in [4.69, 9.17) is 0 Å². The highest BCUT2D eigenvalue weighted by Crippen LogP contribution is 2.18. The van der Waals surface area contributed by atoms with Crippen molar-refractivity contribution in [2.24, 2.45) is 0 Å². The minimum absolute atomic E-state index is 0.0521. The van der Waals surface area contributed by atoms with E-state index in [1.54, 1.807) is 6.92 Å². The molecule has 1 atom stereocenters. The van der Waals surface area contributed by atoms with Crippen LogP contribution in [0.5, 0.6) is 0 Å². The summed E-state index contributed by atoms with van der Waals surface area (Å²) in [7, 11) is 0. The average molecular weight is 274 g/mol. The molecule has 0 spiro atoms. The maximum absolute atomic E-state index is 12.1. The number of amides is 1. The van der Waals surface area contributed by atoms with Crippen molar-refractivity contribution in [3.63, 3.8) is 0 Å². The van der Waals surface area contributed by atoms with Gasteiger partial charge < -0.3 is 5.32 Å². The van der Waals surface area contributed by atoms with Gasteiger partial charge in [0, 0.05) is 5.69 Å². The Morgan fingerprint density at radius 2 is 2.15 bits per heavy atom. The third-order valence-corrected chi connectivity index (χ3v) is 3.73. The standard InChI is InChI=1S/C16H22N2O2/c1-12-6-5-7-14(10-12)17-16(20)11-18-9-4-3-8-15(18)13(2)19/h5-7,10,15H,3-4,8-9,11H2,1-2H3,(H,17,20).